The molecule has 3 nitrogen and oxygen atoms in total. The highest BCUT2D eigenvalue weighted by atomic mass is 19.4. The van der Waals surface area contributed by atoms with Crippen LogP contribution in [-0.4, -0.2) is 37.1 Å². The van der Waals surface area contributed by atoms with E-state index in [1.807, 2.05) is 0 Å². The van der Waals surface area contributed by atoms with Crippen LogP contribution in [0.1, 0.15) is 31.3 Å². The standard InChI is InChI=1S/C18H22F5NO2/c19-16(20)11-2-1-3-12(8-11)26-14-9-17(4-6-24-7-5-17)15(14)13(10-25)18(21,22)23/h1-3,8,13-16,24-25H,4-7,9-10H2/t13?,14-,15?/m1/s1. The van der Waals surface area contributed by atoms with Crippen LogP contribution in [0.2, 0.25) is 0 Å². The van der Waals surface area contributed by atoms with Crippen LogP contribution in [0, 0.1) is 17.3 Å². The summed E-state index contributed by atoms with van der Waals surface area (Å²) in [4.78, 5) is 0. The quantitative estimate of drug-likeness (QED) is 0.762. The van der Waals surface area contributed by atoms with Crippen LogP contribution < -0.4 is 10.1 Å². The summed E-state index contributed by atoms with van der Waals surface area (Å²) >= 11 is 0. The minimum atomic E-state index is -4.54. The first-order valence-corrected chi connectivity index (χ1v) is 8.70. The fourth-order valence-electron chi connectivity index (χ4n) is 4.48. The zero-order valence-electron chi connectivity index (χ0n) is 14.1. The molecule has 1 spiro atoms. The van der Waals surface area contributed by atoms with Crippen LogP contribution in [-0.2, 0) is 0 Å². The van der Waals surface area contributed by atoms with E-state index in [0.29, 0.717) is 32.4 Å². The number of piperidine rings is 1. The number of rotatable bonds is 5. The summed E-state index contributed by atoms with van der Waals surface area (Å²) in [6.07, 6.45) is -6.36. The van der Waals surface area contributed by atoms with Crippen molar-refractivity contribution in [3.8, 4) is 5.75 Å². The first-order chi connectivity index (χ1) is 12.3. The molecule has 0 amide bonds. The Balaban J connectivity index is 1.83. The lowest BCUT2D eigenvalue weighted by Crippen LogP contribution is -2.63. The summed E-state index contributed by atoms with van der Waals surface area (Å²) in [5.41, 5.74) is -0.761. The molecule has 0 bridgehead atoms. The Kier molecular flexibility index (Phi) is 5.44. The third-order valence-corrected chi connectivity index (χ3v) is 5.76. The normalized spacial score (nSPS) is 26.6. The van der Waals surface area contributed by atoms with Gasteiger partial charge in [-0.2, -0.15) is 13.2 Å². The topological polar surface area (TPSA) is 41.5 Å². The van der Waals surface area contributed by atoms with Crippen molar-refractivity contribution in [3.63, 3.8) is 0 Å². The van der Waals surface area contributed by atoms with E-state index in [2.05, 4.69) is 5.32 Å². The Bertz CT molecular complexity index is 616. The van der Waals surface area contributed by atoms with Gasteiger partial charge in [-0.3, -0.25) is 0 Å². The molecule has 0 aromatic heterocycles. The molecule has 2 N–H and O–H groups in total. The lowest BCUT2D eigenvalue weighted by Gasteiger charge is -2.59. The van der Waals surface area contributed by atoms with Crippen LogP contribution >= 0.6 is 0 Å². The van der Waals surface area contributed by atoms with Crippen molar-refractivity contribution in [3.05, 3.63) is 29.8 Å². The second-order valence-corrected chi connectivity index (χ2v) is 7.20. The summed E-state index contributed by atoms with van der Waals surface area (Å²) in [7, 11) is 0. The van der Waals surface area contributed by atoms with Gasteiger partial charge in [0.1, 0.15) is 11.9 Å². The van der Waals surface area contributed by atoms with Gasteiger partial charge in [0.05, 0.1) is 12.5 Å². The molecule has 1 saturated carbocycles. The third-order valence-electron chi connectivity index (χ3n) is 5.76. The predicted molar refractivity (Wildman–Crippen MR) is 85.1 cm³/mol. The van der Waals surface area contributed by atoms with E-state index in [0.717, 1.165) is 6.07 Å². The average Bonchev–Trinajstić information content (AvgIpc) is 2.59. The highest BCUT2D eigenvalue weighted by Crippen LogP contribution is 2.59. The maximum Gasteiger partial charge on any atom is 0.394 e. The van der Waals surface area contributed by atoms with E-state index in [1.165, 1.54) is 18.2 Å². The van der Waals surface area contributed by atoms with Crippen molar-refractivity contribution in [2.45, 2.75) is 38.0 Å². The number of aliphatic hydroxyl groups is 1. The molecular weight excluding hydrogens is 357 g/mol. The van der Waals surface area contributed by atoms with Gasteiger partial charge in [0.15, 0.2) is 0 Å². The number of nitrogens with one attached hydrogen (secondary N) is 1. The molecule has 2 fully saturated rings. The smallest absolute Gasteiger partial charge is 0.394 e. The number of halogens is 5. The van der Waals surface area contributed by atoms with Crippen molar-refractivity contribution in [2.24, 2.45) is 17.3 Å². The Morgan fingerprint density at radius 2 is 1.92 bits per heavy atom. The minimum Gasteiger partial charge on any atom is -0.490 e. The van der Waals surface area contributed by atoms with E-state index in [9.17, 15) is 27.1 Å². The van der Waals surface area contributed by atoms with Gasteiger partial charge in [0.25, 0.3) is 6.43 Å². The highest BCUT2D eigenvalue weighted by molar-refractivity contribution is 5.30. The number of hydrogen-bond acceptors (Lipinski definition) is 3. The molecule has 1 aliphatic heterocycles. The van der Waals surface area contributed by atoms with Gasteiger partial charge in [0.2, 0.25) is 0 Å². The molecule has 26 heavy (non-hydrogen) atoms. The van der Waals surface area contributed by atoms with E-state index < -0.39 is 42.6 Å². The summed E-state index contributed by atoms with van der Waals surface area (Å²) in [6.45, 7) is 0.250. The molecule has 3 rings (SSSR count). The zero-order valence-corrected chi connectivity index (χ0v) is 14.1. The molecule has 1 heterocycles. The van der Waals surface area contributed by atoms with E-state index >= 15 is 0 Å². The average molecular weight is 379 g/mol. The van der Waals surface area contributed by atoms with Crippen LogP contribution in [0.3, 0.4) is 0 Å². The molecule has 1 aromatic carbocycles. The SMILES string of the molecule is OCC(C1[C@H](Oc2cccc(C(F)F)c2)CC12CCNCC2)C(F)(F)F. The summed E-state index contributed by atoms with van der Waals surface area (Å²) < 4.78 is 71.8. The molecule has 8 heteroatoms. The number of hydrogen-bond donors (Lipinski definition) is 2. The summed E-state index contributed by atoms with van der Waals surface area (Å²) in [5.74, 6) is -2.62. The maximum atomic E-state index is 13.5. The maximum absolute atomic E-state index is 13.5. The number of ether oxygens (including phenoxy) is 1. The molecule has 1 saturated heterocycles. The van der Waals surface area contributed by atoms with Crippen LogP contribution in [0.25, 0.3) is 0 Å². The van der Waals surface area contributed by atoms with Gasteiger partial charge in [-0.15, -0.1) is 0 Å². The number of benzene rings is 1. The van der Waals surface area contributed by atoms with Crippen molar-refractivity contribution in [1.29, 1.82) is 0 Å². The van der Waals surface area contributed by atoms with Gasteiger partial charge in [0, 0.05) is 11.5 Å². The first-order valence-electron chi connectivity index (χ1n) is 8.70. The van der Waals surface area contributed by atoms with Crippen LogP contribution in [0.5, 0.6) is 5.75 Å². The number of alkyl halides is 5. The fourth-order valence-corrected chi connectivity index (χ4v) is 4.48. The van der Waals surface area contributed by atoms with Crippen molar-refractivity contribution in [2.75, 3.05) is 19.7 Å². The lowest BCUT2D eigenvalue weighted by atomic mass is 9.50. The van der Waals surface area contributed by atoms with Crippen LogP contribution in [0.4, 0.5) is 22.0 Å². The number of aliphatic hydroxyl groups excluding tert-OH is 1. The molecular formula is C18H22F5NO2. The Labute approximate surface area is 148 Å². The summed E-state index contributed by atoms with van der Waals surface area (Å²) in [5, 5.41) is 12.6. The molecule has 1 aromatic rings. The van der Waals surface area contributed by atoms with Gasteiger partial charge >= 0.3 is 6.18 Å². The van der Waals surface area contributed by atoms with Gasteiger partial charge in [-0.25, -0.2) is 8.78 Å². The van der Waals surface area contributed by atoms with Crippen molar-refractivity contribution in [1.82, 2.24) is 5.32 Å². The van der Waals surface area contributed by atoms with Gasteiger partial charge in [-0.05, 0) is 49.9 Å². The van der Waals surface area contributed by atoms with Gasteiger partial charge in [-0.1, -0.05) is 12.1 Å². The largest absolute Gasteiger partial charge is 0.490 e. The lowest BCUT2D eigenvalue weighted by molar-refractivity contribution is -0.253. The molecule has 3 atom stereocenters. The molecule has 2 aliphatic rings. The molecule has 2 unspecified atom stereocenters. The van der Waals surface area contributed by atoms with E-state index in [1.54, 1.807) is 0 Å². The van der Waals surface area contributed by atoms with Crippen molar-refractivity contribution >= 4 is 0 Å². The molecule has 0 radical (unpaired) electrons. The summed E-state index contributed by atoms with van der Waals surface area (Å²) in [6, 6.07) is 5.28. The van der Waals surface area contributed by atoms with Crippen LogP contribution in [0.15, 0.2) is 24.3 Å². The molecule has 146 valence electrons. The van der Waals surface area contributed by atoms with E-state index in [-0.39, 0.29) is 11.3 Å². The van der Waals surface area contributed by atoms with Gasteiger partial charge < -0.3 is 15.2 Å². The Morgan fingerprint density at radius 3 is 2.50 bits per heavy atom. The molecule has 1 aliphatic carbocycles. The monoisotopic (exact) mass is 379 g/mol. The predicted octanol–water partition coefficient (Wildman–Crippen LogP) is 3.93. The second kappa shape index (κ2) is 7.31. The fraction of sp³-hybridized carbons (Fsp3) is 0.667. The third kappa shape index (κ3) is 3.67. The van der Waals surface area contributed by atoms with E-state index in [4.69, 9.17) is 4.74 Å². The first kappa shape index (κ1) is 19.4. The van der Waals surface area contributed by atoms with Crippen molar-refractivity contribution < 1.29 is 31.8 Å². The Morgan fingerprint density at radius 1 is 1.23 bits per heavy atom. The second-order valence-electron chi connectivity index (χ2n) is 7.20. The Hall–Kier alpha value is -1.41. The zero-order chi connectivity index (χ0) is 18.9. The minimum absolute atomic E-state index is 0.139. The highest BCUT2D eigenvalue weighted by Gasteiger charge is 2.63.